The van der Waals surface area contributed by atoms with E-state index in [-0.39, 0.29) is 6.04 Å². The first-order valence-electron chi connectivity index (χ1n) is 6.14. The monoisotopic (exact) mass is 219 g/mol. The fourth-order valence-electron chi connectivity index (χ4n) is 2.50. The predicted molar refractivity (Wildman–Crippen MR) is 66.3 cm³/mol. The molecule has 1 fully saturated rings. The maximum atomic E-state index is 10.7. The molecule has 0 amide bonds. The molecule has 0 bridgehead atoms. The van der Waals surface area contributed by atoms with Gasteiger partial charge in [-0.1, -0.05) is 30.3 Å². The number of aliphatic hydroxyl groups is 1. The van der Waals surface area contributed by atoms with Gasteiger partial charge >= 0.3 is 0 Å². The zero-order valence-corrected chi connectivity index (χ0v) is 10.2. The minimum Gasteiger partial charge on any atom is -0.384 e. The van der Waals surface area contributed by atoms with Crippen LogP contribution in [0.4, 0.5) is 0 Å². The minimum absolute atomic E-state index is 0.178. The van der Waals surface area contributed by atoms with Crippen molar-refractivity contribution >= 4 is 0 Å². The van der Waals surface area contributed by atoms with Crippen molar-refractivity contribution in [1.82, 2.24) is 4.90 Å². The summed E-state index contributed by atoms with van der Waals surface area (Å²) < 4.78 is 0. The molecule has 1 heterocycles. The van der Waals surface area contributed by atoms with Gasteiger partial charge in [0.15, 0.2) is 0 Å². The summed E-state index contributed by atoms with van der Waals surface area (Å²) in [6.07, 6.45) is 2.52. The highest BCUT2D eigenvalue weighted by atomic mass is 16.3. The van der Waals surface area contributed by atoms with Gasteiger partial charge in [-0.25, -0.2) is 0 Å². The predicted octanol–water partition coefficient (Wildman–Crippen LogP) is 2.38. The molecule has 0 spiro atoms. The van der Waals surface area contributed by atoms with Crippen molar-refractivity contribution < 1.29 is 5.11 Å². The summed E-state index contributed by atoms with van der Waals surface area (Å²) in [4.78, 5) is 2.38. The summed E-state index contributed by atoms with van der Waals surface area (Å²) in [7, 11) is 0. The van der Waals surface area contributed by atoms with Crippen molar-refractivity contribution in [3.8, 4) is 0 Å². The van der Waals surface area contributed by atoms with Crippen LogP contribution in [-0.4, -0.2) is 29.1 Å². The van der Waals surface area contributed by atoms with E-state index in [4.69, 9.17) is 0 Å². The van der Waals surface area contributed by atoms with Gasteiger partial charge in [-0.15, -0.1) is 0 Å². The number of nitrogens with zero attached hydrogens (tertiary/aromatic N) is 1. The summed E-state index contributed by atoms with van der Waals surface area (Å²) in [5.41, 5.74) is 0.250. The van der Waals surface area contributed by atoms with Gasteiger partial charge < -0.3 is 5.11 Å². The molecule has 2 rings (SSSR count). The third-order valence-corrected chi connectivity index (χ3v) is 3.86. The summed E-state index contributed by atoms with van der Waals surface area (Å²) >= 11 is 0. The summed E-state index contributed by atoms with van der Waals surface area (Å²) in [5, 5.41) is 10.7. The van der Waals surface area contributed by atoms with E-state index in [0.717, 1.165) is 18.7 Å². The molecule has 0 unspecified atom stereocenters. The fraction of sp³-hybridized carbons (Fsp3) is 0.571. The highest BCUT2D eigenvalue weighted by molar-refractivity contribution is 5.23. The standard InChI is InChI=1S/C14H21NO/c1-12(15-10-6-7-11-15)14(2,16)13-8-4-3-5-9-13/h3-5,8-9,12,16H,6-7,10-11H2,1-2H3/t12-,14+/m1/s1. The number of rotatable bonds is 3. The zero-order chi connectivity index (χ0) is 11.6. The molecule has 2 nitrogen and oxygen atoms in total. The quantitative estimate of drug-likeness (QED) is 0.843. The number of benzene rings is 1. The van der Waals surface area contributed by atoms with Crippen LogP contribution in [0.15, 0.2) is 30.3 Å². The van der Waals surface area contributed by atoms with E-state index >= 15 is 0 Å². The molecule has 0 aromatic heterocycles. The Bertz CT molecular complexity index is 328. The van der Waals surface area contributed by atoms with Gasteiger partial charge in [-0.05, 0) is 45.3 Å². The van der Waals surface area contributed by atoms with E-state index in [1.807, 2.05) is 37.3 Å². The van der Waals surface area contributed by atoms with Gasteiger partial charge in [0.1, 0.15) is 5.60 Å². The van der Waals surface area contributed by atoms with Crippen LogP contribution in [0.2, 0.25) is 0 Å². The Hall–Kier alpha value is -0.860. The fourth-order valence-corrected chi connectivity index (χ4v) is 2.50. The van der Waals surface area contributed by atoms with Gasteiger partial charge in [0.25, 0.3) is 0 Å². The Labute approximate surface area is 97.9 Å². The first-order valence-corrected chi connectivity index (χ1v) is 6.14. The van der Waals surface area contributed by atoms with Crippen molar-refractivity contribution in [2.24, 2.45) is 0 Å². The molecular weight excluding hydrogens is 198 g/mol. The Kier molecular flexibility index (Phi) is 3.31. The van der Waals surface area contributed by atoms with E-state index in [9.17, 15) is 5.11 Å². The van der Waals surface area contributed by atoms with Crippen LogP contribution in [0.25, 0.3) is 0 Å². The molecule has 2 heteroatoms. The highest BCUT2D eigenvalue weighted by Crippen LogP contribution is 2.29. The molecule has 1 N–H and O–H groups in total. The zero-order valence-electron chi connectivity index (χ0n) is 10.2. The first-order chi connectivity index (χ1) is 7.62. The van der Waals surface area contributed by atoms with Crippen molar-refractivity contribution in [2.45, 2.75) is 38.3 Å². The minimum atomic E-state index is -0.758. The topological polar surface area (TPSA) is 23.5 Å². The van der Waals surface area contributed by atoms with Crippen molar-refractivity contribution in [3.63, 3.8) is 0 Å². The molecule has 1 aromatic carbocycles. The van der Waals surface area contributed by atoms with Crippen LogP contribution >= 0.6 is 0 Å². The van der Waals surface area contributed by atoms with Crippen LogP contribution in [0.1, 0.15) is 32.3 Å². The second-order valence-electron chi connectivity index (χ2n) is 4.93. The molecule has 1 saturated heterocycles. The van der Waals surface area contributed by atoms with Crippen LogP contribution < -0.4 is 0 Å². The van der Waals surface area contributed by atoms with E-state index < -0.39 is 5.60 Å². The maximum Gasteiger partial charge on any atom is 0.102 e. The molecule has 2 atom stereocenters. The second-order valence-corrected chi connectivity index (χ2v) is 4.93. The SMILES string of the molecule is C[C@@H](N1CCCC1)[C@](C)(O)c1ccccc1. The van der Waals surface area contributed by atoms with Gasteiger partial charge in [-0.2, -0.15) is 0 Å². The lowest BCUT2D eigenvalue weighted by molar-refractivity contribution is -0.0236. The van der Waals surface area contributed by atoms with E-state index in [2.05, 4.69) is 11.8 Å². The van der Waals surface area contributed by atoms with E-state index in [0.29, 0.717) is 0 Å². The molecule has 0 saturated carbocycles. The third kappa shape index (κ3) is 2.13. The van der Waals surface area contributed by atoms with E-state index in [1.165, 1.54) is 12.8 Å². The molecule has 16 heavy (non-hydrogen) atoms. The summed E-state index contributed by atoms with van der Waals surface area (Å²) in [6.45, 7) is 6.28. The largest absolute Gasteiger partial charge is 0.384 e. The smallest absolute Gasteiger partial charge is 0.102 e. The van der Waals surface area contributed by atoms with Crippen LogP contribution in [0.5, 0.6) is 0 Å². The van der Waals surface area contributed by atoms with Gasteiger partial charge in [-0.3, -0.25) is 4.90 Å². The molecule has 0 aliphatic carbocycles. The maximum absolute atomic E-state index is 10.7. The Balaban J connectivity index is 2.17. The third-order valence-electron chi connectivity index (χ3n) is 3.86. The lowest BCUT2D eigenvalue weighted by Gasteiger charge is -2.37. The van der Waals surface area contributed by atoms with Crippen LogP contribution in [0.3, 0.4) is 0 Å². The average molecular weight is 219 g/mol. The summed E-state index contributed by atoms with van der Waals surface area (Å²) in [6, 6.07) is 10.2. The molecule has 1 aromatic rings. The van der Waals surface area contributed by atoms with Crippen molar-refractivity contribution in [3.05, 3.63) is 35.9 Å². The lowest BCUT2D eigenvalue weighted by atomic mass is 9.88. The lowest BCUT2D eigenvalue weighted by Crippen LogP contribution is -2.46. The number of hydrogen-bond donors (Lipinski definition) is 1. The number of hydrogen-bond acceptors (Lipinski definition) is 2. The van der Waals surface area contributed by atoms with Crippen molar-refractivity contribution in [1.29, 1.82) is 0 Å². The normalized spacial score (nSPS) is 22.9. The van der Waals surface area contributed by atoms with Gasteiger partial charge in [0.2, 0.25) is 0 Å². The molecule has 0 radical (unpaired) electrons. The molecule has 1 aliphatic rings. The van der Waals surface area contributed by atoms with Crippen LogP contribution in [0, 0.1) is 0 Å². The Morgan fingerprint density at radius 2 is 1.75 bits per heavy atom. The first kappa shape index (κ1) is 11.6. The van der Waals surface area contributed by atoms with Gasteiger partial charge in [0.05, 0.1) is 0 Å². The molecule has 1 aliphatic heterocycles. The molecular formula is C14H21NO. The number of likely N-dealkylation sites (tertiary alicyclic amines) is 1. The highest BCUT2D eigenvalue weighted by Gasteiger charge is 2.35. The second kappa shape index (κ2) is 4.56. The van der Waals surface area contributed by atoms with Gasteiger partial charge in [0, 0.05) is 6.04 Å². The summed E-state index contributed by atoms with van der Waals surface area (Å²) in [5.74, 6) is 0. The molecule has 88 valence electrons. The van der Waals surface area contributed by atoms with Crippen molar-refractivity contribution in [2.75, 3.05) is 13.1 Å². The Morgan fingerprint density at radius 3 is 2.31 bits per heavy atom. The Morgan fingerprint density at radius 1 is 1.19 bits per heavy atom. The van der Waals surface area contributed by atoms with E-state index in [1.54, 1.807) is 0 Å². The van der Waals surface area contributed by atoms with Crippen LogP contribution in [-0.2, 0) is 5.60 Å². The average Bonchev–Trinajstić information content (AvgIpc) is 2.82.